The van der Waals surface area contributed by atoms with Crippen molar-refractivity contribution in [1.29, 1.82) is 0 Å². The van der Waals surface area contributed by atoms with Crippen LogP contribution in [-0.4, -0.2) is 35.9 Å². The Balaban J connectivity index is 2.17. The summed E-state index contributed by atoms with van der Waals surface area (Å²) in [7, 11) is 0. The molecule has 0 fully saturated rings. The van der Waals surface area contributed by atoms with Crippen LogP contribution in [0, 0.1) is 12.8 Å². The maximum Gasteiger partial charge on any atom is 0.261 e. The monoisotopic (exact) mass is 424 g/mol. The van der Waals surface area contributed by atoms with Gasteiger partial charge in [0.2, 0.25) is 5.91 Å². The topological polar surface area (TPSA) is 58.6 Å². The number of hydrogen-bond donors (Lipinski definition) is 1. The summed E-state index contributed by atoms with van der Waals surface area (Å²) in [5, 5.41) is 2.94. The molecule has 5 heteroatoms. The maximum atomic E-state index is 13.2. The highest BCUT2D eigenvalue weighted by Crippen LogP contribution is 2.26. The van der Waals surface area contributed by atoms with Gasteiger partial charge < -0.3 is 15.0 Å². The van der Waals surface area contributed by atoms with Gasteiger partial charge in [-0.1, -0.05) is 75.7 Å². The van der Waals surface area contributed by atoms with Crippen LogP contribution in [0.1, 0.15) is 57.2 Å². The van der Waals surface area contributed by atoms with Gasteiger partial charge in [-0.3, -0.25) is 9.59 Å². The van der Waals surface area contributed by atoms with E-state index in [9.17, 15) is 9.59 Å². The van der Waals surface area contributed by atoms with Crippen LogP contribution in [0.5, 0.6) is 5.75 Å². The summed E-state index contributed by atoms with van der Waals surface area (Å²) in [6, 6.07) is 15.2. The maximum absolute atomic E-state index is 13.2. The van der Waals surface area contributed by atoms with Gasteiger partial charge in [-0.25, -0.2) is 0 Å². The molecule has 5 nitrogen and oxygen atoms in total. The lowest BCUT2D eigenvalue weighted by Gasteiger charge is -2.29. The molecular formula is C26H36N2O3. The molecule has 1 N–H and O–H groups in total. The second-order valence-corrected chi connectivity index (χ2v) is 8.80. The van der Waals surface area contributed by atoms with Gasteiger partial charge in [0.15, 0.2) is 6.61 Å². The fourth-order valence-corrected chi connectivity index (χ4v) is 3.24. The largest absolute Gasteiger partial charge is 0.483 e. The Bertz CT molecular complexity index is 859. The normalized spacial score (nSPS) is 12.0. The molecule has 0 aliphatic rings. The highest BCUT2D eigenvalue weighted by molar-refractivity contribution is 5.88. The van der Waals surface area contributed by atoms with E-state index in [0.717, 1.165) is 16.7 Å². The molecule has 0 spiro atoms. The molecule has 0 saturated heterocycles. The van der Waals surface area contributed by atoms with Crippen LogP contribution in [0.4, 0.5) is 0 Å². The highest BCUT2D eigenvalue weighted by atomic mass is 16.5. The summed E-state index contributed by atoms with van der Waals surface area (Å²) >= 11 is 0. The summed E-state index contributed by atoms with van der Waals surface area (Å²) in [5.41, 5.74) is 3.19. The van der Waals surface area contributed by atoms with Gasteiger partial charge in [-0.15, -0.1) is 0 Å². The molecule has 0 aliphatic carbocycles. The zero-order valence-electron chi connectivity index (χ0n) is 19.6. The Morgan fingerprint density at radius 3 is 2.23 bits per heavy atom. The lowest BCUT2D eigenvalue weighted by molar-refractivity contribution is -0.142. The van der Waals surface area contributed by atoms with E-state index < -0.39 is 6.04 Å². The zero-order valence-corrected chi connectivity index (χ0v) is 19.6. The van der Waals surface area contributed by atoms with Gasteiger partial charge in [0.25, 0.3) is 5.91 Å². The third kappa shape index (κ3) is 7.42. The Kier molecular flexibility index (Phi) is 9.10. The molecular weight excluding hydrogens is 388 g/mol. The summed E-state index contributed by atoms with van der Waals surface area (Å²) in [6.07, 6.45) is 0. The number of ether oxygens (including phenoxy) is 1. The van der Waals surface area contributed by atoms with Crippen molar-refractivity contribution in [3.05, 3.63) is 65.2 Å². The van der Waals surface area contributed by atoms with Crippen molar-refractivity contribution in [2.75, 3.05) is 13.2 Å². The number of hydrogen-bond acceptors (Lipinski definition) is 3. The molecule has 1 atom stereocenters. The quantitative estimate of drug-likeness (QED) is 0.602. The van der Waals surface area contributed by atoms with Crippen molar-refractivity contribution in [2.45, 2.75) is 60.0 Å². The van der Waals surface area contributed by atoms with Crippen LogP contribution < -0.4 is 10.1 Å². The lowest BCUT2D eigenvalue weighted by atomic mass is 10.0. The van der Waals surface area contributed by atoms with Crippen molar-refractivity contribution < 1.29 is 14.3 Å². The Morgan fingerprint density at radius 2 is 1.61 bits per heavy atom. The number of benzene rings is 2. The molecule has 0 heterocycles. The predicted molar refractivity (Wildman–Crippen MR) is 125 cm³/mol. The first-order valence-electron chi connectivity index (χ1n) is 11.0. The molecule has 168 valence electrons. The Labute approximate surface area is 186 Å². The van der Waals surface area contributed by atoms with Gasteiger partial charge >= 0.3 is 0 Å². The number of carbonyl (C=O) groups excluding carboxylic acids is 2. The average Bonchev–Trinajstić information content (AvgIpc) is 2.75. The molecule has 0 radical (unpaired) electrons. The van der Waals surface area contributed by atoms with Crippen LogP contribution >= 0.6 is 0 Å². The van der Waals surface area contributed by atoms with Gasteiger partial charge in [0.1, 0.15) is 11.8 Å². The Morgan fingerprint density at radius 1 is 0.968 bits per heavy atom. The van der Waals surface area contributed by atoms with Crippen molar-refractivity contribution in [2.24, 2.45) is 5.92 Å². The number of carbonyl (C=O) groups is 2. The fourth-order valence-electron chi connectivity index (χ4n) is 3.24. The van der Waals surface area contributed by atoms with Crippen LogP contribution in [0.15, 0.2) is 48.5 Å². The fraction of sp³-hybridized carbons (Fsp3) is 0.462. The second-order valence-electron chi connectivity index (χ2n) is 8.80. The molecule has 2 rings (SSSR count). The van der Waals surface area contributed by atoms with E-state index in [-0.39, 0.29) is 24.3 Å². The third-order valence-corrected chi connectivity index (χ3v) is 5.22. The number of aryl methyl sites for hydroxylation is 1. The van der Waals surface area contributed by atoms with Crippen molar-refractivity contribution >= 4 is 11.8 Å². The van der Waals surface area contributed by atoms with E-state index in [0.29, 0.717) is 24.8 Å². The number of amides is 2. The average molecular weight is 425 g/mol. The smallest absolute Gasteiger partial charge is 0.261 e. The first-order chi connectivity index (χ1) is 14.7. The summed E-state index contributed by atoms with van der Waals surface area (Å²) in [5.74, 6) is 0.963. The number of nitrogens with zero attached hydrogens (tertiary/aromatic N) is 1. The minimum Gasteiger partial charge on any atom is -0.483 e. The molecule has 0 bridgehead atoms. The number of rotatable bonds is 10. The van der Waals surface area contributed by atoms with Gasteiger partial charge in [0, 0.05) is 13.1 Å². The van der Waals surface area contributed by atoms with Crippen LogP contribution in [0.2, 0.25) is 0 Å². The van der Waals surface area contributed by atoms with E-state index in [1.54, 1.807) is 11.8 Å². The standard InChI is InChI=1S/C26H36N2O3/c1-18(2)15-27-26(30)21(6)28(16-22-13-11-20(5)12-14-22)25(29)17-31-24-10-8-7-9-23(24)19(3)4/h7-14,18-19,21H,15-17H2,1-6H3,(H,27,30). The van der Waals surface area contributed by atoms with E-state index in [2.05, 4.69) is 19.2 Å². The second kappa shape index (κ2) is 11.5. The molecule has 1 unspecified atom stereocenters. The molecule has 2 aromatic carbocycles. The summed E-state index contributed by atoms with van der Waals surface area (Å²) in [6.45, 7) is 12.9. The minimum atomic E-state index is -0.600. The first-order valence-corrected chi connectivity index (χ1v) is 11.0. The molecule has 0 saturated carbocycles. The lowest BCUT2D eigenvalue weighted by Crippen LogP contribution is -2.49. The first kappa shape index (κ1) is 24.4. The van der Waals surface area contributed by atoms with Crippen LogP contribution in [0.3, 0.4) is 0 Å². The van der Waals surface area contributed by atoms with E-state index >= 15 is 0 Å². The number of para-hydroxylation sites is 1. The van der Waals surface area contributed by atoms with Crippen molar-refractivity contribution in [1.82, 2.24) is 10.2 Å². The minimum absolute atomic E-state index is 0.114. The van der Waals surface area contributed by atoms with E-state index in [4.69, 9.17) is 4.74 Å². The van der Waals surface area contributed by atoms with E-state index in [1.807, 2.05) is 69.3 Å². The van der Waals surface area contributed by atoms with Crippen molar-refractivity contribution in [3.8, 4) is 5.75 Å². The molecule has 0 aromatic heterocycles. The Hall–Kier alpha value is -2.82. The molecule has 2 aromatic rings. The molecule has 31 heavy (non-hydrogen) atoms. The molecule has 2 amide bonds. The van der Waals surface area contributed by atoms with Gasteiger partial charge in [0.05, 0.1) is 0 Å². The van der Waals surface area contributed by atoms with Crippen LogP contribution in [-0.2, 0) is 16.1 Å². The summed E-state index contributed by atoms with van der Waals surface area (Å²) < 4.78 is 5.90. The predicted octanol–water partition coefficient (Wildman–Crippen LogP) is 4.69. The third-order valence-electron chi connectivity index (χ3n) is 5.22. The van der Waals surface area contributed by atoms with Crippen LogP contribution in [0.25, 0.3) is 0 Å². The summed E-state index contributed by atoms with van der Waals surface area (Å²) in [4.78, 5) is 27.5. The van der Waals surface area contributed by atoms with E-state index in [1.165, 1.54) is 0 Å². The SMILES string of the molecule is Cc1ccc(CN(C(=O)COc2ccccc2C(C)C)C(C)C(=O)NCC(C)C)cc1. The number of nitrogens with one attached hydrogen (secondary N) is 1. The highest BCUT2D eigenvalue weighted by Gasteiger charge is 2.26. The van der Waals surface area contributed by atoms with Gasteiger partial charge in [-0.2, -0.15) is 0 Å². The van der Waals surface area contributed by atoms with Crippen molar-refractivity contribution in [3.63, 3.8) is 0 Å². The molecule has 0 aliphatic heterocycles. The zero-order chi connectivity index (χ0) is 23.0. The van der Waals surface area contributed by atoms with Gasteiger partial charge in [-0.05, 0) is 42.9 Å².